The molecule has 0 saturated heterocycles. The first-order valence-electron chi connectivity index (χ1n) is 9.89. The molecule has 1 atom stereocenters. The first-order chi connectivity index (χ1) is 14.0. The highest BCUT2D eigenvalue weighted by Crippen LogP contribution is 2.26. The van der Waals surface area contributed by atoms with E-state index >= 15 is 0 Å². The second kappa shape index (κ2) is 9.72. The van der Waals surface area contributed by atoms with E-state index in [9.17, 15) is 4.79 Å². The largest absolute Gasteiger partial charge is 0.495 e. The Morgan fingerprint density at radius 1 is 1.10 bits per heavy atom. The minimum Gasteiger partial charge on any atom is -0.495 e. The zero-order valence-electron chi connectivity index (χ0n) is 17.4. The lowest BCUT2D eigenvalue weighted by atomic mass is 9.98. The van der Waals surface area contributed by atoms with Crippen molar-refractivity contribution >= 4 is 22.9 Å². The van der Waals surface area contributed by atoms with Crippen LogP contribution >= 0.6 is 11.3 Å². The predicted molar refractivity (Wildman–Crippen MR) is 120 cm³/mol. The Bertz CT molecular complexity index is 934. The van der Waals surface area contributed by atoms with Gasteiger partial charge in [-0.2, -0.15) is 0 Å². The fraction of sp³-hybridized carbons (Fsp3) is 0.292. The molecule has 1 amide bonds. The van der Waals surface area contributed by atoms with Gasteiger partial charge < -0.3 is 15.4 Å². The minimum atomic E-state index is -0.0470. The van der Waals surface area contributed by atoms with Crippen molar-refractivity contribution in [1.29, 1.82) is 0 Å². The lowest BCUT2D eigenvalue weighted by Gasteiger charge is -2.16. The second-order valence-electron chi connectivity index (χ2n) is 7.51. The summed E-state index contributed by atoms with van der Waals surface area (Å²) in [6, 6.07) is 18.8. The van der Waals surface area contributed by atoms with Gasteiger partial charge in [-0.05, 0) is 47.5 Å². The van der Waals surface area contributed by atoms with E-state index in [0.717, 1.165) is 5.56 Å². The number of carbonyl (C=O) groups is 1. The molecule has 0 saturated carbocycles. The number of quaternary nitrogens is 1. The smallest absolute Gasteiger partial charge is 0.279 e. The van der Waals surface area contributed by atoms with Crippen molar-refractivity contribution in [3.63, 3.8) is 0 Å². The van der Waals surface area contributed by atoms with Crippen molar-refractivity contribution < 1.29 is 14.8 Å². The van der Waals surface area contributed by atoms with Crippen LogP contribution < -0.4 is 15.4 Å². The highest BCUT2D eigenvalue weighted by molar-refractivity contribution is 7.10. The van der Waals surface area contributed by atoms with E-state index < -0.39 is 0 Å². The molecule has 1 heterocycles. The Kier molecular flexibility index (Phi) is 7.07. The molecule has 0 radical (unpaired) electrons. The van der Waals surface area contributed by atoms with Gasteiger partial charge >= 0.3 is 0 Å². The number of benzene rings is 2. The van der Waals surface area contributed by atoms with E-state index in [1.165, 1.54) is 16.0 Å². The summed E-state index contributed by atoms with van der Waals surface area (Å²) >= 11 is 1.72. The maximum atomic E-state index is 12.6. The number of nitrogens with one attached hydrogen (secondary N) is 1. The average Bonchev–Trinajstić information content (AvgIpc) is 3.23. The summed E-state index contributed by atoms with van der Waals surface area (Å²) in [4.78, 5) is 13.9. The number of ether oxygens (including phenoxy) is 1. The number of nitrogens with two attached hydrogens (primary N) is 1. The number of rotatable bonds is 8. The predicted octanol–water partition coefficient (Wildman–Crippen LogP) is 4.48. The van der Waals surface area contributed by atoms with Gasteiger partial charge in [0, 0.05) is 5.56 Å². The first-order valence-corrected chi connectivity index (χ1v) is 10.8. The third-order valence-electron chi connectivity index (χ3n) is 4.98. The molecule has 0 spiro atoms. The first kappa shape index (κ1) is 21.1. The van der Waals surface area contributed by atoms with Crippen LogP contribution in [0, 0.1) is 6.92 Å². The minimum absolute atomic E-state index is 0.0470. The third-order valence-corrected chi connectivity index (χ3v) is 5.94. The van der Waals surface area contributed by atoms with Crippen LogP contribution in [0.2, 0.25) is 0 Å². The lowest BCUT2D eigenvalue weighted by Crippen LogP contribution is -2.87. The van der Waals surface area contributed by atoms with Gasteiger partial charge in [0.1, 0.15) is 11.8 Å². The highest BCUT2D eigenvalue weighted by Gasteiger charge is 2.20. The van der Waals surface area contributed by atoms with Gasteiger partial charge in [-0.1, -0.05) is 50.2 Å². The van der Waals surface area contributed by atoms with Crippen LogP contribution in [0.5, 0.6) is 5.75 Å². The molecule has 5 heteroatoms. The van der Waals surface area contributed by atoms with E-state index in [4.69, 9.17) is 4.74 Å². The molecule has 0 bridgehead atoms. The molecule has 0 aliphatic rings. The maximum absolute atomic E-state index is 12.6. The molecule has 0 fully saturated rings. The second-order valence-corrected chi connectivity index (χ2v) is 8.49. The van der Waals surface area contributed by atoms with Crippen molar-refractivity contribution in [3.05, 3.63) is 81.5 Å². The van der Waals surface area contributed by atoms with Gasteiger partial charge in [-0.3, -0.25) is 4.79 Å². The summed E-state index contributed by atoms with van der Waals surface area (Å²) in [5, 5.41) is 7.16. The van der Waals surface area contributed by atoms with Crippen LogP contribution in [0.1, 0.15) is 47.4 Å². The molecule has 3 aromatic rings. The van der Waals surface area contributed by atoms with Gasteiger partial charge in [0.05, 0.1) is 17.7 Å². The molecule has 0 unspecified atom stereocenters. The fourth-order valence-corrected chi connectivity index (χ4v) is 4.17. The van der Waals surface area contributed by atoms with E-state index in [-0.39, 0.29) is 11.9 Å². The van der Waals surface area contributed by atoms with Crippen LogP contribution in [0.3, 0.4) is 0 Å². The van der Waals surface area contributed by atoms with Crippen molar-refractivity contribution in [2.45, 2.75) is 32.7 Å². The van der Waals surface area contributed by atoms with E-state index in [0.29, 0.717) is 23.9 Å². The Morgan fingerprint density at radius 2 is 1.83 bits per heavy atom. The number of thiophene rings is 1. The Labute approximate surface area is 176 Å². The van der Waals surface area contributed by atoms with Crippen molar-refractivity contribution in [2.24, 2.45) is 0 Å². The number of methoxy groups -OCH3 is 1. The van der Waals surface area contributed by atoms with Crippen LogP contribution in [-0.4, -0.2) is 19.6 Å². The van der Waals surface area contributed by atoms with Gasteiger partial charge in [0.15, 0.2) is 6.54 Å². The van der Waals surface area contributed by atoms with Gasteiger partial charge in [-0.25, -0.2) is 0 Å². The maximum Gasteiger partial charge on any atom is 0.279 e. The molecule has 0 aliphatic carbocycles. The molecule has 0 aliphatic heterocycles. The summed E-state index contributed by atoms with van der Waals surface area (Å²) in [5.41, 5.74) is 4.31. The van der Waals surface area contributed by atoms with Crippen molar-refractivity contribution in [3.8, 4) is 5.75 Å². The Morgan fingerprint density at radius 3 is 2.45 bits per heavy atom. The van der Waals surface area contributed by atoms with E-state index in [1.807, 2.05) is 25.1 Å². The van der Waals surface area contributed by atoms with Gasteiger partial charge in [-0.15, -0.1) is 11.3 Å². The lowest BCUT2D eigenvalue weighted by molar-refractivity contribution is -0.675. The quantitative estimate of drug-likeness (QED) is 0.576. The fourth-order valence-electron chi connectivity index (χ4n) is 3.32. The molecular weight excluding hydrogens is 380 g/mol. The number of amides is 1. The number of anilines is 1. The molecular formula is C24H29N2O2S+. The van der Waals surface area contributed by atoms with E-state index in [2.05, 4.69) is 66.3 Å². The zero-order chi connectivity index (χ0) is 20.8. The van der Waals surface area contributed by atoms with E-state index in [1.54, 1.807) is 18.4 Å². The van der Waals surface area contributed by atoms with Crippen LogP contribution in [-0.2, 0) is 4.79 Å². The summed E-state index contributed by atoms with van der Waals surface area (Å²) in [6.07, 6.45) is 0. The van der Waals surface area contributed by atoms with Gasteiger partial charge in [0.25, 0.3) is 5.91 Å². The topological polar surface area (TPSA) is 54.9 Å². The summed E-state index contributed by atoms with van der Waals surface area (Å²) < 4.78 is 5.36. The Balaban J connectivity index is 1.72. The molecule has 3 N–H and O–H groups in total. The van der Waals surface area contributed by atoms with Crippen LogP contribution in [0.15, 0.2) is 60.0 Å². The number of carbonyl (C=O) groups excluding carboxylic acids is 1. The van der Waals surface area contributed by atoms with Crippen molar-refractivity contribution in [1.82, 2.24) is 0 Å². The Hall–Kier alpha value is -2.63. The van der Waals surface area contributed by atoms with Gasteiger partial charge in [0.2, 0.25) is 0 Å². The average molecular weight is 410 g/mol. The molecule has 3 rings (SSSR count). The molecule has 2 aromatic carbocycles. The standard InChI is InChI=1S/C24H28N2O2S/c1-16(2)18-8-10-19(11-9-18)24(22-6-5-13-29-22)25-15-23(27)26-20-14-17(3)7-12-21(20)28-4/h5-14,16,24-25H,15H2,1-4H3,(H,26,27)/p+1/t24-/m0/s1. The summed E-state index contributed by atoms with van der Waals surface area (Å²) in [5.74, 6) is 1.13. The summed E-state index contributed by atoms with van der Waals surface area (Å²) in [6.45, 7) is 6.71. The summed E-state index contributed by atoms with van der Waals surface area (Å²) in [7, 11) is 1.61. The highest BCUT2D eigenvalue weighted by atomic mass is 32.1. The van der Waals surface area contributed by atoms with Crippen molar-refractivity contribution in [2.75, 3.05) is 19.0 Å². The van der Waals surface area contributed by atoms with Crippen LogP contribution in [0.25, 0.3) is 0 Å². The normalized spacial score (nSPS) is 12.0. The molecule has 1 aromatic heterocycles. The third kappa shape index (κ3) is 5.46. The number of hydrogen-bond donors (Lipinski definition) is 2. The number of hydrogen-bond acceptors (Lipinski definition) is 3. The molecule has 4 nitrogen and oxygen atoms in total. The SMILES string of the molecule is COc1ccc(C)cc1NC(=O)C[NH2+][C@@H](c1ccc(C(C)C)cc1)c1cccs1. The molecule has 29 heavy (non-hydrogen) atoms. The monoisotopic (exact) mass is 409 g/mol. The van der Waals surface area contributed by atoms with Crippen LogP contribution in [0.4, 0.5) is 5.69 Å². The molecule has 152 valence electrons. The zero-order valence-corrected chi connectivity index (χ0v) is 18.3. The number of aryl methyl sites for hydroxylation is 1.